The Morgan fingerprint density at radius 3 is 2.17 bits per heavy atom. The number of aromatic nitrogens is 2. The van der Waals surface area contributed by atoms with Gasteiger partial charge in [-0.2, -0.15) is 0 Å². The van der Waals surface area contributed by atoms with Crippen molar-refractivity contribution in [2.75, 3.05) is 19.5 Å². The van der Waals surface area contributed by atoms with E-state index in [1.807, 2.05) is 24.3 Å². The number of nitrogens with one attached hydrogen (secondary N) is 1. The third-order valence-corrected chi connectivity index (χ3v) is 4.30. The molecule has 165 valence electrons. The van der Waals surface area contributed by atoms with E-state index in [0.717, 1.165) is 16.7 Å². The number of ether oxygens (including phenoxy) is 1. The summed E-state index contributed by atoms with van der Waals surface area (Å²) in [6, 6.07) is 7.04. The van der Waals surface area contributed by atoms with Crippen molar-refractivity contribution in [3.63, 3.8) is 0 Å². The molecule has 0 saturated heterocycles. The van der Waals surface area contributed by atoms with E-state index >= 15 is 0 Å². The van der Waals surface area contributed by atoms with Crippen LogP contribution in [0, 0.1) is 6.92 Å². The van der Waals surface area contributed by atoms with E-state index in [4.69, 9.17) is 16.2 Å². The SMILES string of the molecule is CCCC.[CH2-]C/C(N)=C/NC(CF)C(OC)c1ccc(-c2cnc(N)nc2)cc1.[Ta]. The van der Waals surface area contributed by atoms with Crippen LogP contribution < -0.4 is 16.8 Å². The molecule has 5 N–H and O–H groups in total. The zero-order valence-corrected chi connectivity index (χ0v) is 21.2. The first kappa shape index (κ1) is 28.1. The van der Waals surface area contributed by atoms with Crippen molar-refractivity contribution < 1.29 is 31.5 Å². The van der Waals surface area contributed by atoms with Gasteiger partial charge >= 0.3 is 0 Å². The fraction of sp³-hybridized carbons (Fsp3) is 0.409. The number of allylic oxidation sites excluding steroid dienone is 1. The Morgan fingerprint density at radius 2 is 1.73 bits per heavy atom. The quantitative estimate of drug-likeness (QED) is 0.384. The van der Waals surface area contributed by atoms with Gasteiger partial charge in [0.15, 0.2) is 0 Å². The summed E-state index contributed by atoms with van der Waals surface area (Å²) < 4.78 is 18.9. The van der Waals surface area contributed by atoms with Gasteiger partial charge in [0.25, 0.3) is 0 Å². The summed E-state index contributed by atoms with van der Waals surface area (Å²) in [7, 11) is 1.55. The van der Waals surface area contributed by atoms with Gasteiger partial charge in [0.1, 0.15) is 12.8 Å². The van der Waals surface area contributed by atoms with Crippen LogP contribution >= 0.6 is 0 Å². The number of nitrogen functional groups attached to an aromatic ring is 1. The number of methoxy groups -OCH3 is 1. The van der Waals surface area contributed by atoms with Crippen LogP contribution in [-0.2, 0) is 27.1 Å². The van der Waals surface area contributed by atoms with Gasteiger partial charge in [0.2, 0.25) is 5.95 Å². The van der Waals surface area contributed by atoms with Crippen LogP contribution in [0.1, 0.15) is 44.8 Å². The van der Waals surface area contributed by atoms with Crippen molar-refractivity contribution >= 4 is 5.95 Å². The summed E-state index contributed by atoms with van der Waals surface area (Å²) in [5.74, 6) is 0.228. The Hall–Kier alpha value is -1.93. The Labute approximate surface area is 195 Å². The summed E-state index contributed by atoms with van der Waals surface area (Å²) in [5, 5.41) is 2.96. The second kappa shape index (κ2) is 15.9. The van der Waals surface area contributed by atoms with Crippen LogP contribution in [0.2, 0.25) is 0 Å². The van der Waals surface area contributed by atoms with Crippen LogP contribution in [0.3, 0.4) is 0 Å². The molecule has 1 heterocycles. The van der Waals surface area contributed by atoms with Gasteiger partial charge in [-0.1, -0.05) is 51.0 Å². The zero-order valence-electron chi connectivity index (χ0n) is 18.0. The number of nitrogens with zero attached hydrogens (tertiary/aromatic N) is 2. The van der Waals surface area contributed by atoms with Gasteiger partial charge in [-0.15, -0.1) is 6.42 Å². The third-order valence-electron chi connectivity index (χ3n) is 4.30. The number of alkyl halides is 1. The number of nitrogens with two attached hydrogens (primary N) is 2. The minimum absolute atomic E-state index is 0. The van der Waals surface area contributed by atoms with Crippen molar-refractivity contribution in [1.82, 2.24) is 15.3 Å². The summed E-state index contributed by atoms with van der Waals surface area (Å²) in [6.07, 6.45) is 7.51. The molecule has 0 aliphatic heterocycles. The molecule has 2 rings (SSSR count). The fourth-order valence-corrected chi connectivity index (χ4v) is 2.38. The molecule has 8 heteroatoms. The van der Waals surface area contributed by atoms with Crippen molar-refractivity contribution in [1.29, 1.82) is 0 Å². The largest absolute Gasteiger partial charge is 0.403 e. The average molecular weight is 583 g/mol. The molecular formula is C22H33FN5OTa-. The van der Waals surface area contributed by atoms with Gasteiger partial charge in [-0.3, -0.25) is 0 Å². The first-order chi connectivity index (χ1) is 14.0. The number of rotatable bonds is 9. The molecule has 1 aromatic heterocycles. The van der Waals surface area contributed by atoms with E-state index in [9.17, 15) is 4.39 Å². The second-order valence-corrected chi connectivity index (χ2v) is 6.50. The predicted molar refractivity (Wildman–Crippen MR) is 117 cm³/mol. The summed E-state index contributed by atoms with van der Waals surface area (Å²) >= 11 is 0. The summed E-state index contributed by atoms with van der Waals surface area (Å²) in [5.41, 5.74) is 14.4. The summed E-state index contributed by atoms with van der Waals surface area (Å²) in [4.78, 5) is 7.96. The minimum atomic E-state index is -0.604. The van der Waals surface area contributed by atoms with Crippen molar-refractivity contribution in [2.45, 2.75) is 45.3 Å². The van der Waals surface area contributed by atoms with E-state index in [1.165, 1.54) is 12.8 Å². The molecule has 2 aromatic rings. The van der Waals surface area contributed by atoms with Crippen molar-refractivity contribution in [2.24, 2.45) is 5.73 Å². The van der Waals surface area contributed by atoms with Gasteiger partial charge in [-0.05, 0) is 16.8 Å². The van der Waals surface area contributed by atoms with Gasteiger partial charge in [0, 0.05) is 53.6 Å². The van der Waals surface area contributed by atoms with Crippen LogP contribution in [0.25, 0.3) is 11.1 Å². The molecule has 1 radical (unpaired) electrons. The first-order valence-electron chi connectivity index (χ1n) is 9.76. The maximum absolute atomic E-state index is 13.5. The molecule has 0 spiro atoms. The third kappa shape index (κ3) is 9.26. The van der Waals surface area contributed by atoms with Crippen molar-refractivity contribution in [3.05, 3.63) is 61.0 Å². The standard InChI is InChI=1S/C18H23FN5O.C4H10.Ta/c1-3-15(20)11-22-16(8-19)17(25-2)13-6-4-12(5-7-13)14-9-23-18(21)24-10-14;1-3-4-2;/h4-7,9-11,16-17,22H,1,3,8,20H2,2H3,(H2,21,23,24);3-4H2,1-2H3;/q-1;;/b15-11-;;. The van der Waals surface area contributed by atoms with E-state index in [2.05, 4.69) is 36.1 Å². The molecule has 6 nitrogen and oxygen atoms in total. The molecule has 0 bridgehead atoms. The monoisotopic (exact) mass is 583 g/mol. The molecule has 0 aliphatic rings. The zero-order chi connectivity index (χ0) is 21.6. The summed E-state index contributed by atoms with van der Waals surface area (Å²) in [6.45, 7) is 7.44. The van der Waals surface area contributed by atoms with Crippen LogP contribution in [-0.4, -0.2) is 29.8 Å². The van der Waals surface area contributed by atoms with E-state index < -0.39 is 18.8 Å². The molecule has 0 fully saturated rings. The normalized spacial score (nSPS) is 12.8. The number of benzene rings is 1. The molecule has 0 aliphatic carbocycles. The molecule has 0 saturated carbocycles. The second-order valence-electron chi connectivity index (χ2n) is 6.50. The van der Waals surface area contributed by atoms with E-state index in [-0.39, 0.29) is 28.3 Å². The molecule has 1 aromatic carbocycles. The number of halogens is 1. The first-order valence-corrected chi connectivity index (χ1v) is 9.76. The number of anilines is 1. The van der Waals surface area contributed by atoms with Gasteiger partial charge < -0.3 is 28.4 Å². The number of unbranched alkanes of at least 4 members (excludes halogenated alkanes) is 1. The Morgan fingerprint density at radius 1 is 1.17 bits per heavy atom. The maximum atomic E-state index is 13.5. The number of hydrogen-bond acceptors (Lipinski definition) is 6. The molecule has 0 amide bonds. The number of hydrogen-bond donors (Lipinski definition) is 3. The molecule has 2 unspecified atom stereocenters. The van der Waals surface area contributed by atoms with Crippen LogP contribution in [0.15, 0.2) is 48.6 Å². The van der Waals surface area contributed by atoms with E-state index in [1.54, 1.807) is 25.7 Å². The minimum Gasteiger partial charge on any atom is -0.403 e. The maximum Gasteiger partial charge on any atom is 0.219 e. The van der Waals surface area contributed by atoms with Crippen LogP contribution in [0.4, 0.5) is 10.3 Å². The fourth-order valence-electron chi connectivity index (χ4n) is 2.38. The molecule has 2 atom stereocenters. The van der Waals surface area contributed by atoms with Crippen LogP contribution in [0.5, 0.6) is 0 Å². The van der Waals surface area contributed by atoms with Gasteiger partial charge in [0.05, 0.1) is 6.04 Å². The average Bonchev–Trinajstić information content (AvgIpc) is 2.77. The smallest absolute Gasteiger partial charge is 0.219 e. The van der Waals surface area contributed by atoms with Crippen molar-refractivity contribution in [3.8, 4) is 11.1 Å². The Kier molecular flexibility index (Phi) is 14.8. The molecule has 30 heavy (non-hydrogen) atoms. The molecular weight excluding hydrogens is 550 g/mol. The van der Waals surface area contributed by atoms with Gasteiger partial charge in [-0.25, -0.2) is 14.4 Å². The van der Waals surface area contributed by atoms with E-state index in [0.29, 0.717) is 12.1 Å². The Bertz CT molecular complexity index is 723. The predicted octanol–water partition coefficient (Wildman–Crippen LogP) is 4.17. The topological polar surface area (TPSA) is 99.1 Å². The Balaban J connectivity index is 0.00000154.